The molecule has 22 heavy (non-hydrogen) atoms. The number of ether oxygens (including phenoxy) is 1. The SMILES string of the molecule is COc1cc2ccccc2c2nc(-c3ccsc3C)c(N)n12. The molecule has 0 aliphatic heterocycles. The Morgan fingerprint density at radius 2 is 2.05 bits per heavy atom. The van der Waals surface area contributed by atoms with Gasteiger partial charge in [-0.1, -0.05) is 24.3 Å². The van der Waals surface area contributed by atoms with Crippen LogP contribution in [0.15, 0.2) is 41.8 Å². The van der Waals surface area contributed by atoms with Crippen LogP contribution in [0, 0.1) is 6.92 Å². The Morgan fingerprint density at radius 3 is 2.77 bits per heavy atom. The summed E-state index contributed by atoms with van der Waals surface area (Å²) in [6.45, 7) is 2.08. The second-order valence-electron chi connectivity index (χ2n) is 5.17. The lowest BCUT2D eigenvalue weighted by Crippen LogP contribution is -1.99. The molecule has 110 valence electrons. The number of thiophene rings is 1. The molecule has 0 saturated carbocycles. The maximum Gasteiger partial charge on any atom is 0.201 e. The molecule has 0 aliphatic carbocycles. The molecule has 0 spiro atoms. The quantitative estimate of drug-likeness (QED) is 0.606. The molecule has 0 unspecified atom stereocenters. The minimum Gasteiger partial charge on any atom is -0.482 e. The summed E-state index contributed by atoms with van der Waals surface area (Å²) in [5, 5.41) is 4.21. The third-order valence-electron chi connectivity index (χ3n) is 3.94. The number of methoxy groups -OCH3 is 1. The molecule has 0 aliphatic rings. The van der Waals surface area contributed by atoms with Crippen molar-refractivity contribution in [2.45, 2.75) is 6.92 Å². The maximum atomic E-state index is 6.39. The first-order valence-corrected chi connectivity index (χ1v) is 7.87. The zero-order valence-electron chi connectivity index (χ0n) is 12.3. The predicted molar refractivity (Wildman–Crippen MR) is 91.7 cm³/mol. The fourth-order valence-electron chi connectivity index (χ4n) is 2.84. The largest absolute Gasteiger partial charge is 0.482 e. The molecule has 5 heteroatoms. The fraction of sp³-hybridized carbons (Fsp3) is 0.118. The minimum atomic E-state index is 0.610. The van der Waals surface area contributed by atoms with Gasteiger partial charge in [-0.05, 0) is 23.8 Å². The molecule has 4 nitrogen and oxygen atoms in total. The van der Waals surface area contributed by atoms with E-state index < -0.39 is 0 Å². The topological polar surface area (TPSA) is 52.5 Å². The van der Waals surface area contributed by atoms with Crippen molar-refractivity contribution in [2.24, 2.45) is 0 Å². The number of rotatable bonds is 2. The number of imidazole rings is 1. The van der Waals surface area contributed by atoms with Gasteiger partial charge in [0.25, 0.3) is 0 Å². The Morgan fingerprint density at radius 1 is 1.23 bits per heavy atom. The third kappa shape index (κ3) is 1.72. The van der Waals surface area contributed by atoms with E-state index in [1.807, 2.05) is 22.6 Å². The zero-order valence-corrected chi connectivity index (χ0v) is 13.1. The lowest BCUT2D eigenvalue weighted by Gasteiger charge is -2.08. The Kier molecular flexibility index (Phi) is 2.84. The summed E-state index contributed by atoms with van der Waals surface area (Å²) in [5.74, 6) is 1.30. The van der Waals surface area contributed by atoms with Gasteiger partial charge in [-0.15, -0.1) is 11.3 Å². The third-order valence-corrected chi connectivity index (χ3v) is 4.78. The summed E-state index contributed by atoms with van der Waals surface area (Å²) in [6.07, 6.45) is 0. The van der Waals surface area contributed by atoms with Gasteiger partial charge in [-0.3, -0.25) is 0 Å². The molecule has 4 aromatic rings. The average molecular weight is 309 g/mol. The second kappa shape index (κ2) is 4.74. The smallest absolute Gasteiger partial charge is 0.201 e. The van der Waals surface area contributed by atoms with E-state index in [1.165, 1.54) is 4.88 Å². The summed E-state index contributed by atoms with van der Waals surface area (Å²) in [6, 6.07) is 12.2. The predicted octanol–water partition coefficient (Wildman–Crippen LogP) is 4.12. The minimum absolute atomic E-state index is 0.610. The number of nitrogens with zero attached hydrogens (tertiary/aromatic N) is 2. The van der Waals surface area contributed by atoms with Crippen molar-refractivity contribution in [1.29, 1.82) is 0 Å². The molecule has 3 aromatic heterocycles. The lowest BCUT2D eigenvalue weighted by atomic mass is 10.2. The van der Waals surface area contributed by atoms with Crippen LogP contribution in [0.4, 0.5) is 5.82 Å². The molecule has 3 heterocycles. The molecule has 0 saturated heterocycles. The Labute approximate surface area is 131 Å². The van der Waals surface area contributed by atoms with E-state index >= 15 is 0 Å². The standard InChI is InChI=1S/C17H15N3OS/c1-10-12(7-8-22-10)15-16(18)20-14(21-2)9-11-5-3-4-6-13(11)17(20)19-15/h3-9H,18H2,1-2H3. The number of hydrogen-bond donors (Lipinski definition) is 1. The highest BCUT2D eigenvalue weighted by Crippen LogP contribution is 2.36. The van der Waals surface area contributed by atoms with Gasteiger partial charge in [0.1, 0.15) is 17.2 Å². The number of hydrogen-bond acceptors (Lipinski definition) is 4. The Bertz CT molecular complexity index is 1000. The van der Waals surface area contributed by atoms with Crippen LogP contribution in [0.3, 0.4) is 0 Å². The molecular weight excluding hydrogens is 294 g/mol. The summed E-state index contributed by atoms with van der Waals surface area (Å²) in [5.41, 5.74) is 9.11. The van der Waals surface area contributed by atoms with Crippen molar-refractivity contribution in [1.82, 2.24) is 9.38 Å². The van der Waals surface area contributed by atoms with Crippen molar-refractivity contribution >= 4 is 33.6 Å². The van der Waals surface area contributed by atoms with Gasteiger partial charge in [-0.2, -0.15) is 0 Å². The first kappa shape index (κ1) is 13.2. The van der Waals surface area contributed by atoms with Crippen LogP contribution in [0.25, 0.3) is 27.7 Å². The van der Waals surface area contributed by atoms with Crippen LogP contribution >= 0.6 is 11.3 Å². The average Bonchev–Trinajstić information content (AvgIpc) is 3.10. The molecule has 2 N–H and O–H groups in total. The first-order chi connectivity index (χ1) is 10.7. The van der Waals surface area contributed by atoms with Gasteiger partial charge in [0, 0.05) is 21.9 Å². The van der Waals surface area contributed by atoms with Crippen molar-refractivity contribution in [3.8, 4) is 17.1 Å². The van der Waals surface area contributed by atoms with Gasteiger partial charge in [0.2, 0.25) is 5.88 Å². The summed E-state index contributed by atoms with van der Waals surface area (Å²) in [4.78, 5) is 6.02. The van der Waals surface area contributed by atoms with Crippen molar-refractivity contribution in [2.75, 3.05) is 12.8 Å². The van der Waals surface area contributed by atoms with E-state index in [-0.39, 0.29) is 0 Å². The summed E-state index contributed by atoms with van der Waals surface area (Å²) >= 11 is 1.70. The molecule has 0 bridgehead atoms. The number of nitrogen functional groups attached to an aromatic ring is 1. The number of nitrogens with two attached hydrogens (primary N) is 1. The first-order valence-electron chi connectivity index (χ1n) is 6.99. The van der Waals surface area contributed by atoms with Gasteiger partial charge in [-0.25, -0.2) is 9.38 Å². The van der Waals surface area contributed by atoms with Gasteiger partial charge in [0.05, 0.1) is 7.11 Å². The van der Waals surface area contributed by atoms with E-state index in [4.69, 9.17) is 15.5 Å². The van der Waals surface area contributed by atoms with Crippen LogP contribution in [-0.2, 0) is 0 Å². The number of aryl methyl sites for hydroxylation is 1. The van der Waals surface area contributed by atoms with Crippen LogP contribution in [0.5, 0.6) is 5.88 Å². The van der Waals surface area contributed by atoms with Gasteiger partial charge >= 0.3 is 0 Å². The van der Waals surface area contributed by atoms with Crippen molar-refractivity contribution in [3.05, 3.63) is 46.7 Å². The zero-order chi connectivity index (χ0) is 15.3. The molecule has 0 radical (unpaired) electrons. The van der Waals surface area contributed by atoms with Crippen LogP contribution in [0.2, 0.25) is 0 Å². The molecule has 1 aromatic carbocycles. The molecular formula is C17H15N3OS. The molecule has 0 fully saturated rings. The Hall–Kier alpha value is -2.53. The van der Waals surface area contributed by atoms with E-state index in [2.05, 4.69) is 30.5 Å². The van der Waals surface area contributed by atoms with Crippen molar-refractivity contribution < 1.29 is 4.74 Å². The Balaban J connectivity index is 2.17. The molecule has 4 rings (SSSR count). The van der Waals surface area contributed by atoms with Gasteiger partial charge in [0.15, 0.2) is 0 Å². The van der Waals surface area contributed by atoms with Gasteiger partial charge < -0.3 is 10.5 Å². The highest BCUT2D eigenvalue weighted by molar-refractivity contribution is 7.10. The highest BCUT2D eigenvalue weighted by atomic mass is 32.1. The number of fused-ring (bicyclic) bond motifs is 3. The van der Waals surface area contributed by atoms with E-state index in [1.54, 1.807) is 18.4 Å². The highest BCUT2D eigenvalue weighted by Gasteiger charge is 2.18. The summed E-state index contributed by atoms with van der Waals surface area (Å²) in [7, 11) is 1.65. The van der Waals surface area contributed by atoms with Crippen LogP contribution in [-0.4, -0.2) is 16.5 Å². The number of aromatic nitrogens is 2. The lowest BCUT2D eigenvalue weighted by molar-refractivity contribution is 0.394. The maximum absolute atomic E-state index is 6.39. The normalized spacial score (nSPS) is 11.4. The van der Waals surface area contributed by atoms with E-state index in [9.17, 15) is 0 Å². The summed E-state index contributed by atoms with van der Waals surface area (Å²) < 4.78 is 7.41. The monoisotopic (exact) mass is 309 g/mol. The fourth-order valence-corrected chi connectivity index (χ4v) is 3.54. The number of pyridine rings is 1. The van der Waals surface area contributed by atoms with Crippen LogP contribution < -0.4 is 10.5 Å². The molecule has 0 atom stereocenters. The van der Waals surface area contributed by atoms with E-state index in [0.29, 0.717) is 11.7 Å². The molecule has 0 amide bonds. The number of anilines is 1. The number of benzene rings is 1. The van der Waals surface area contributed by atoms with Crippen LogP contribution in [0.1, 0.15) is 4.88 Å². The van der Waals surface area contributed by atoms with E-state index in [0.717, 1.165) is 27.7 Å². The second-order valence-corrected chi connectivity index (χ2v) is 6.29. The van der Waals surface area contributed by atoms with Crippen molar-refractivity contribution in [3.63, 3.8) is 0 Å².